The number of H-pyrrole nitrogens is 1. The fourth-order valence-corrected chi connectivity index (χ4v) is 0.277. The van der Waals surface area contributed by atoms with Crippen LogP contribution in [-0.4, -0.2) is 17.8 Å². The normalized spacial score (nSPS) is 8.67. The smallest absolute Gasteiger partial charge is 0.167 e. The van der Waals surface area contributed by atoms with Crippen LogP contribution in [0.25, 0.3) is 0 Å². The van der Waals surface area contributed by atoms with Crippen molar-refractivity contribution in [2.24, 2.45) is 0 Å². The summed E-state index contributed by atoms with van der Waals surface area (Å²) in [6.07, 6.45) is 3.28. The zero-order valence-electron chi connectivity index (χ0n) is 3.18. The summed E-state index contributed by atoms with van der Waals surface area (Å²) in [6, 6.07) is 0. The Morgan fingerprint density at radius 3 is 2.83 bits per heavy atom. The predicted molar refractivity (Wildman–Crippen MR) is 24.0 cm³/mol. The number of hydrogen-bond donors (Lipinski definition) is 1. The second kappa shape index (κ2) is 1.16. The Kier molecular flexibility index (Phi) is 0.672. The van der Waals surface area contributed by atoms with Gasteiger partial charge < -0.3 is 4.98 Å². The Labute approximate surface area is 37.0 Å². The molecule has 0 aliphatic rings. The number of rotatable bonds is 0. The van der Waals surface area contributed by atoms with Gasteiger partial charge >= 0.3 is 0 Å². The van der Waals surface area contributed by atoms with Crippen LogP contribution in [0.3, 0.4) is 0 Å². The fourth-order valence-electron chi connectivity index (χ4n) is 0.277. The molecule has 0 aromatic carbocycles. The Balaban J connectivity index is 3.05. The van der Waals surface area contributed by atoms with Crippen molar-refractivity contribution in [3.05, 3.63) is 12.4 Å². The Morgan fingerprint density at radius 2 is 2.67 bits per heavy atom. The first kappa shape index (κ1) is 3.46. The van der Waals surface area contributed by atoms with E-state index in [2.05, 4.69) is 9.97 Å². The van der Waals surface area contributed by atoms with Crippen molar-refractivity contribution in [3.8, 4) is 0 Å². The molecule has 0 atom stereocenters. The molecule has 1 aromatic heterocycles. The van der Waals surface area contributed by atoms with Crippen LogP contribution < -0.4 is 5.72 Å². The van der Waals surface area contributed by atoms with Crippen LogP contribution in [-0.2, 0) is 0 Å². The fraction of sp³-hybridized carbons (Fsp3) is 0. The van der Waals surface area contributed by atoms with Crippen molar-refractivity contribution in [2.45, 2.75) is 0 Å². The van der Waals surface area contributed by atoms with Crippen LogP contribution >= 0.6 is 0 Å². The summed E-state index contributed by atoms with van der Waals surface area (Å²) in [5, 5.41) is 0. The first-order valence-corrected chi connectivity index (χ1v) is 1.64. The number of aromatic nitrogens is 2. The number of aromatic amines is 1. The first-order valence-electron chi connectivity index (χ1n) is 1.64. The lowest BCUT2D eigenvalue weighted by atomic mass is 10.1. The summed E-state index contributed by atoms with van der Waals surface area (Å²) in [5.41, 5.74) is 0.468. The van der Waals surface area contributed by atoms with E-state index in [1.54, 1.807) is 12.4 Å². The third-order valence-electron chi connectivity index (χ3n) is 0.519. The summed E-state index contributed by atoms with van der Waals surface area (Å²) in [7, 11) is 5.11. The molecule has 0 amide bonds. The van der Waals surface area contributed by atoms with Gasteiger partial charge in [0.05, 0.1) is 0 Å². The molecule has 0 saturated heterocycles. The Hall–Kier alpha value is -0.725. The van der Waals surface area contributed by atoms with Crippen LogP contribution in [0.5, 0.6) is 0 Å². The van der Waals surface area contributed by atoms with Gasteiger partial charge in [-0.15, -0.1) is 0 Å². The summed E-state index contributed by atoms with van der Waals surface area (Å²) in [4.78, 5) is 6.31. The average molecular weight is 77.9 g/mol. The number of nitrogens with zero attached hydrogens (tertiary/aromatic N) is 1. The molecule has 0 fully saturated rings. The van der Waals surface area contributed by atoms with Crippen LogP contribution in [0.4, 0.5) is 0 Å². The van der Waals surface area contributed by atoms with E-state index in [9.17, 15) is 0 Å². The SMILES string of the molecule is [B]c1ncc[nH]1. The number of nitrogens with one attached hydrogen (secondary N) is 1. The standard InChI is InChI=1S/C3H3BN2/c4-3-5-1-2-6-3/h1-2H,(H,5,6). The van der Waals surface area contributed by atoms with E-state index in [1.165, 1.54) is 0 Å². The van der Waals surface area contributed by atoms with E-state index >= 15 is 0 Å². The highest BCUT2D eigenvalue weighted by atomic mass is 14.9. The van der Waals surface area contributed by atoms with E-state index in [1.807, 2.05) is 0 Å². The van der Waals surface area contributed by atoms with E-state index in [0.29, 0.717) is 5.72 Å². The van der Waals surface area contributed by atoms with Gasteiger partial charge in [0, 0.05) is 18.1 Å². The van der Waals surface area contributed by atoms with Gasteiger partial charge in [-0.05, 0) is 0 Å². The molecule has 0 spiro atoms. The lowest BCUT2D eigenvalue weighted by Gasteiger charge is -1.69. The van der Waals surface area contributed by atoms with Gasteiger partial charge in [-0.2, -0.15) is 0 Å². The molecule has 2 radical (unpaired) electrons. The molecule has 6 heavy (non-hydrogen) atoms. The Bertz CT molecular complexity index is 112. The molecule has 0 aliphatic heterocycles. The molecule has 3 heteroatoms. The molecule has 0 bridgehead atoms. The molecular weight excluding hydrogens is 74.9 g/mol. The molecule has 0 saturated carbocycles. The minimum absolute atomic E-state index is 0.468. The van der Waals surface area contributed by atoms with Gasteiger partial charge in [0.2, 0.25) is 0 Å². The highest BCUT2D eigenvalue weighted by Gasteiger charge is 1.73. The van der Waals surface area contributed by atoms with Crippen molar-refractivity contribution in [3.63, 3.8) is 0 Å². The van der Waals surface area contributed by atoms with Crippen molar-refractivity contribution < 1.29 is 0 Å². The van der Waals surface area contributed by atoms with Gasteiger partial charge in [-0.25, -0.2) is 0 Å². The molecule has 28 valence electrons. The van der Waals surface area contributed by atoms with Crippen molar-refractivity contribution in [1.82, 2.24) is 9.97 Å². The number of hydrogen-bond acceptors (Lipinski definition) is 1. The molecule has 2 nitrogen and oxygen atoms in total. The van der Waals surface area contributed by atoms with E-state index in [-0.39, 0.29) is 0 Å². The van der Waals surface area contributed by atoms with Crippen molar-refractivity contribution in [1.29, 1.82) is 0 Å². The summed E-state index contributed by atoms with van der Waals surface area (Å²) in [6.45, 7) is 0. The minimum atomic E-state index is 0.468. The maximum atomic E-state index is 5.11. The molecule has 1 aromatic rings. The van der Waals surface area contributed by atoms with Crippen LogP contribution in [0.1, 0.15) is 0 Å². The first-order chi connectivity index (χ1) is 2.89. The second-order valence-electron chi connectivity index (χ2n) is 0.974. The van der Waals surface area contributed by atoms with Gasteiger partial charge in [0.15, 0.2) is 7.85 Å². The molecular formula is C3H3BN2. The average Bonchev–Trinajstić information content (AvgIpc) is 1.86. The summed E-state index contributed by atoms with van der Waals surface area (Å²) < 4.78 is 0. The zero-order chi connectivity index (χ0) is 4.41. The molecule has 0 aliphatic carbocycles. The Morgan fingerprint density at radius 1 is 1.83 bits per heavy atom. The summed E-state index contributed by atoms with van der Waals surface area (Å²) >= 11 is 0. The maximum absolute atomic E-state index is 5.11. The minimum Gasteiger partial charge on any atom is -0.358 e. The zero-order valence-corrected chi connectivity index (χ0v) is 3.18. The van der Waals surface area contributed by atoms with Crippen LogP contribution in [0, 0.1) is 0 Å². The van der Waals surface area contributed by atoms with E-state index < -0.39 is 0 Å². The number of imidazole rings is 1. The van der Waals surface area contributed by atoms with Crippen molar-refractivity contribution in [2.75, 3.05) is 0 Å². The monoisotopic (exact) mass is 78.0 g/mol. The van der Waals surface area contributed by atoms with Gasteiger partial charge in [-0.1, -0.05) is 0 Å². The molecule has 1 N–H and O–H groups in total. The van der Waals surface area contributed by atoms with Gasteiger partial charge in [0.25, 0.3) is 0 Å². The third-order valence-corrected chi connectivity index (χ3v) is 0.519. The van der Waals surface area contributed by atoms with Crippen molar-refractivity contribution >= 4 is 13.6 Å². The predicted octanol–water partition coefficient (Wildman–Crippen LogP) is -0.797. The quantitative estimate of drug-likeness (QED) is 0.404. The third kappa shape index (κ3) is 0.430. The lowest BCUT2D eigenvalue weighted by Crippen LogP contribution is -2.04. The highest BCUT2D eigenvalue weighted by molar-refractivity contribution is 6.28. The maximum Gasteiger partial charge on any atom is 0.167 e. The largest absolute Gasteiger partial charge is 0.358 e. The second-order valence-corrected chi connectivity index (χ2v) is 0.974. The van der Waals surface area contributed by atoms with Crippen LogP contribution in [0.15, 0.2) is 12.4 Å². The molecule has 0 unspecified atom stereocenters. The van der Waals surface area contributed by atoms with Crippen LogP contribution in [0.2, 0.25) is 0 Å². The van der Waals surface area contributed by atoms with Gasteiger partial charge in [0.1, 0.15) is 0 Å². The van der Waals surface area contributed by atoms with Gasteiger partial charge in [-0.3, -0.25) is 4.98 Å². The lowest BCUT2D eigenvalue weighted by molar-refractivity contribution is 1.41. The van der Waals surface area contributed by atoms with E-state index in [4.69, 9.17) is 7.85 Å². The molecule has 1 heterocycles. The highest BCUT2D eigenvalue weighted by Crippen LogP contribution is 1.59. The summed E-state index contributed by atoms with van der Waals surface area (Å²) in [5.74, 6) is 0. The topological polar surface area (TPSA) is 28.7 Å². The molecule has 1 rings (SSSR count). The van der Waals surface area contributed by atoms with E-state index in [0.717, 1.165) is 0 Å².